The highest BCUT2D eigenvalue weighted by molar-refractivity contribution is 5.76. The number of rotatable bonds is 4. The second kappa shape index (κ2) is 4.76. The number of nitrogens with zero attached hydrogens (tertiary/aromatic N) is 1. The predicted octanol–water partition coefficient (Wildman–Crippen LogP) is 2.68. The zero-order valence-electron chi connectivity index (χ0n) is 13.1. The van der Waals surface area contributed by atoms with E-state index >= 15 is 0 Å². The molecule has 3 heteroatoms. The molecule has 2 bridgehead atoms. The molecule has 1 N–H and O–H groups in total. The summed E-state index contributed by atoms with van der Waals surface area (Å²) in [6, 6.07) is 0. The van der Waals surface area contributed by atoms with Crippen LogP contribution in [0.4, 0.5) is 0 Å². The van der Waals surface area contributed by atoms with E-state index < -0.39 is 0 Å². The highest BCUT2D eigenvalue weighted by Crippen LogP contribution is 2.68. The second-order valence-electron chi connectivity index (χ2n) is 7.16. The molecule has 0 radical (unpaired) electrons. The molecule has 0 aromatic carbocycles. The summed E-state index contributed by atoms with van der Waals surface area (Å²) in [4.78, 5) is 14.2. The summed E-state index contributed by atoms with van der Waals surface area (Å²) in [5.74, 6) is 0.856. The molecule has 3 nitrogen and oxygen atoms in total. The molecular formula is C16H29NO2. The van der Waals surface area contributed by atoms with Crippen molar-refractivity contribution < 1.29 is 9.90 Å². The van der Waals surface area contributed by atoms with Gasteiger partial charge >= 0.3 is 0 Å². The molecule has 0 heterocycles. The van der Waals surface area contributed by atoms with Gasteiger partial charge in [-0.3, -0.25) is 4.79 Å². The summed E-state index contributed by atoms with van der Waals surface area (Å²) in [5, 5.41) is 10.7. The molecule has 0 saturated heterocycles. The fraction of sp³-hybridized carbons (Fsp3) is 0.938. The van der Waals surface area contributed by atoms with Crippen LogP contribution in [0, 0.1) is 22.7 Å². The minimum atomic E-state index is -0.319. The molecule has 0 spiro atoms. The van der Waals surface area contributed by atoms with Gasteiger partial charge < -0.3 is 10.0 Å². The molecule has 2 saturated carbocycles. The van der Waals surface area contributed by atoms with E-state index in [9.17, 15) is 9.90 Å². The highest BCUT2D eigenvalue weighted by Gasteiger charge is 2.65. The maximum atomic E-state index is 12.3. The zero-order valence-corrected chi connectivity index (χ0v) is 13.1. The van der Waals surface area contributed by atoms with Crippen molar-refractivity contribution in [1.82, 2.24) is 4.90 Å². The van der Waals surface area contributed by atoms with Crippen molar-refractivity contribution in [3.63, 3.8) is 0 Å². The Morgan fingerprint density at radius 1 is 1.26 bits per heavy atom. The van der Waals surface area contributed by atoms with E-state index in [-0.39, 0.29) is 28.8 Å². The van der Waals surface area contributed by atoms with Crippen molar-refractivity contribution in [2.45, 2.75) is 60.0 Å². The fourth-order valence-corrected chi connectivity index (χ4v) is 4.69. The van der Waals surface area contributed by atoms with E-state index in [2.05, 4.69) is 20.8 Å². The first-order chi connectivity index (χ1) is 8.79. The number of aliphatic hydroxyl groups is 1. The minimum absolute atomic E-state index is 0.00806. The third-order valence-electron chi connectivity index (χ3n) is 6.48. The smallest absolute Gasteiger partial charge is 0.222 e. The number of amides is 1. The van der Waals surface area contributed by atoms with Gasteiger partial charge in [0.25, 0.3) is 0 Å². The molecule has 1 amide bonds. The molecule has 2 aliphatic carbocycles. The number of aliphatic hydroxyl groups excluding tert-OH is 1. The molecule has 2 rings (SSSR count). The lowest BCUT2D eigenvalue weighted by Gasteiger charge is -2.37. The molecule has 2 fully saturated rings. The maximum Gasteiger partial charge on any atom is 0.222 e. The minimum Gasteiger partial charge on any atom is -0.392 e. The summed E-state index contributed by atoms with van der Waals surface area (Å²) in [6.45, 7) is 12.3. The first-order valence-electron chi connectivity index (χ1n) is 7.75. The summed E-state index contributed by atoms with van der Waals surface area (Å²) >= 11 is 0. The Morgan fingerprint density at radius 2 is 1.84 bits per heavy atom. The number of hydrogen-bond acceptors (Lipinski definition) is 2. The van der Waals surface area contributed by atoms with Crippen molar-refractivity contribution in [1.29, 1.82) is 0 Å². The van der Waals surface area contributed by atoms with Crippen LogP contribution in [0.5, 0.6) is 0 Å². The summed E-state index contributed by atoms with van der Waals surface area (Å²) in [6.07, 6.45) is 2.46. The van der Waals surface area contributed by atoms with Gasteiger partial charge in [-0.1, -0.05) is 20.8 Å². The van der Waals surface area contributed by atoms with Gasteiger partial charge in [0.15, 0.2) is 0 Å². The van der Waals surface area contributed by atoms with Gasteiger partial charge in [0.05, 0.1) is 6.10 Å². The third kappa shape index (κ3) is 1.93. The number of carbonyl (C=O) groups excluding carboxylic acids is 1. The van der Waals surface area contributed by atoms with E-state index in [4.69, 9.17) is 0 Å². The molecule has 110 valence electrons. The average molecular weight is 267 g/mol. The maximum absolute atomic E-state index is 12.3. The average Bonchev–Trinajstić information content (AvgIpc) is 2.65. The normalized spacial score (nSPS) is 39.6. The Labute approximate surface area is 117 Å². The predicted molar refractivity (Wildman–Crippen MR) is 76.7 cm³/mol. The van der Waals surface area contributed by atoms with E-state index in [0.29, 0.717) is 12.3 Å². The Balaban J connectivity index is 2.14. The van der Waals surface area contributed by atoms with Crippen molar-refractivity contribution in [2.75, 3.05) is 13.1 Å². The number of carbonyl (C=O) groups is 1. The van der Waals surface area contributed by atoms with Gasteiger partial charge in [-0.05, 0) is 49.4 Å². The van der Waals surface area contributed by atoms with Crippen molar-refractivity contribution in [2.24, 2.45) is 22.7 Å². The molecular weight excluding hydrogens is 238 g/mol. The van der Waals surface area contributed by atoms with Gasteiger partial charge in [-0.2, -0.15) is 0 Å². The third-order valence-corrected chi connectivity index (χ3v) is 6.48. The van der Waals surface area contributed by atoms with Crippen LogP contribution in [0.25, 0.3) is 0 Å². The first-order valence-corrected chi connectivity index (χ1v) is 7.75. The van der Waals surface area contributed by atoms with Crippen LogP contribution in [0.2, 0.25) is 0 Å². The van der Waals surface area contributed by atoms with Crippen LogP contribution in [-0.2, 0) is 4.79 Å². The summed E-state index contributed by atoms with van der Waals surface area (Å²) < 4.78 is 0. The Kier molecular flexibility index (Phi) is 3.72. The van der Waals surface area contributed by atoms with Crippen LogP contribution in [0.1, 0.15) is 53.9 Å². The summed E-state index contributed by atoms with van der Waals surface area (Å²) in [5.41, 5.74) is 0.145. The van der Waals surface area contributed by atoms with Crippen LogP contribution < -0.4 is 0 Å². The van der Waals surface area contributed by atoms with Crippen LogP contribution in [0.15, 0.2) is 0 Å². The van der Waals surface area contributed by atoms with Crippen molar-refractivity contribution >= 4 is 5.91 Å². The molecule has 0 aromatic heterocycles. The van der Waals surface area contributed by atoms with Gasteiger partial charge in [-0.25, -0.2) is 0 Å². The standard InChI is InChI=1S/C16H29NO2/c1-6-17(7-2)13(18)10-11-12-8-9-16(5,14(11)19)15(12,3)4/h11-12,14,19H,6-10H2,1-5H3/t11-,12-,14-,16+/m1/s1. The van der Waals surface area contributed by atoms with Gasteiger partial charge in [0, 0.05) is 19.5 Å². The van der Waals surface area contributed by atoms with E-state index in [1.54, 1.807) is 0 Å². The fourth-order valence-electron chi connectivity index (χ4n) is 4.69. The number of fused-ring (bicyclic) bond motifs is 2. The largest absolute Gasteiger partial charge is 0.392 e. The molecule has 0 aliphatic heterocycles. The van der Waals surface area contributed by atoms with E-state index in [1.165, 1.54) is 0 Å². The first kappa shape index (κ1) is 14.8. The Morgan fingerprint density at radius 3 is 2.26 bits per heavy atom. The lowest BCUT2D eigenvalue weighted by atomic mass is 9.70. The lowest BCUT2D eigenvalue weighted by Crippen LogP contribution is -2.40. The molecule has 2 aliphatic rings. The van der Waals surface area contributed by atoms with Gasteiger partial charge in [-0.15, -0.1) is 0 Å². The van der Waals surface area contributed by atoms with E-state index in [1.807, 2.05) is 18.7 Å². The topological polar surface area (TPSA) is 40.5 Å². The molecule has 0 aromatic rings. The van der Waals surface area contributed by atoms with Gasteiger partial charge in [0.1, 0.15) is 0 Å². The molecule has 19 heavy (non-hydrogen) atoms. The molecule has 4 atom stereocenters. The van der Waals surface area contributed by atoms with Crippen molar-refractivity contribution in [3.05, 3.63) is 0 Å². The van der Waals surface area contributed by atoms with Gasteiger partial charge in [0.2, 0.25) is 5.91 Å². The monoisotopic (exact) mass is 267 g/mol. The second-order valence-corrected chi connectivity index (χ2v) is 7.16. The Bertz CT molecular complexity index is 362. The quantitative estimate of drug-likeness (QED) is 0.850. The van der Waals surface area contributed by atoms with Crippen LogP contribution in [0.3, 0.4) is 0 Å². The SMILES string of the molecule is CCN(CC)C(=O)C[C@@H]1[C@H]2CC[C@@](C)([C@@H]1O)C2(C)C. The number of hydrogen-bond donors (Lipinski definition) is 1. The van der Waals surface area contributed by atoms with Crippen LogP contribution >= 0.6 is 0 Å². The highest BCUT2D eigenvalue weighted by atomic mass is 16.3. The zero-order chi connectivity index (χ0) is 14.4. The molecule has 0 unspecified atom stereocenters. The van der Waals surface area contributed by atoms with Crippen LogP contribution in [-0.4, -0.2) is 35.1 Å². The Hall–Kier alpha value is -0.570. The summed E-state index contributed by atoms with van der Waals surface area (Å²) in [7, 11) is 0. The lowest BCUT2D eigenvalue weighted by molar-refractivity contribution is -0.133. The van der Waals surface area contributed by atoms with Crippen molar-refractivity contribution in [3.8, 4) is 0 Å². The van der Waals surface area contributed by atoms with E-state index in [0.717, 1.165) is 25.9 Å².